The van der Waals surface area contributed by atoms with Gasteiger partial charge in [0.05, 0.1) is 24.0 Å². The van der Waals surface area contributed by atoms with Gasteiger partial charge in [0.1, 0.15) is 5.82 Å². The van der Waals surface area contributed by atoms with Gasteiger partial charge in [-0.1, -0.05) is 12.1 Å². The molecule has 1 heterocycles. The zero-order valence-electron chi connectivity index (χ0n) is 11.1. The van der Waals surface area contributed by atoms with E-state index in [0.717, 1.165) is 16.9 Å². The number of hydrogen-bond acceptors (Lipinski definition) is 3. The molecule has 0 fully saturated rings. The lowest BCUT2D eigenvalue weighted by atomic mass is 10.3. The van der Waals surface area contributed by atoms with Crippen molar-refractivity contribution < 1.29 is 14.7 Å². The molecule has 7 nitrogen and oxygen atoms in total. The number of amides is 2. The van der Waals surface area contributed by atoms with E-state index in [2.05, 4.69) is 15.6 Å². The third-order valence-electron chi connectivity index (χ3n) is 2.91. The summed E-state index contributed by atoms with van der Waals surface area (Å²) >= 11 is 0. The number of imidazole rings is 1. The van der Waals surface area contributed by atoms with Crippen molar-refractivity contribution in [2.24, 2.45) is 7.05 Å². The number of urea groups is 1. The molecular weight excluding hydrogens is 260 g/mol. The van der Waals surface area contributed by atoms with Crippen molar-refractivity contribution in [3.8, 4) is 0 Å². The van der Waals surface area contributed by atoms with Crippen molar-refractivity contribution in [2.45, 2.75) is 13.0 Å². The van der Waals surface area contributed by atoms with Crippen LogP contribution in [0.5, 0.6) is 0 Å². The third-order valence-corrected chi connectivity index (χ3v) is 2.91. The highest BCUT2D eigenvalue weighted by atomic mass is 16.4. The number of nitrogens with zero attached hydrogens (tertiary/aromatic N) is 2. The Morgan fingerprint density at radius 3 is 2.75 bits per heavy atom. The smallest absolute Gasteiger partial charge is 0.315 e. The number of hydrogen-bond donors (Lipinski definition) is 3. The molecule has 0 aliphatic carbocycles. The van der Waals surface area contributed by atoms with Gasteiger partial charge in [0.2, 0.25) is 0 Å². The minimum Gasteiger partial charge on any atom is -0.481 e. The average Bonchev–Trinajstić information content (AvgIpc) is 2.73. The number of fused-ring (bicyclic) bond motifs is 1. The fourth-order valence-electron chi connectivity index (χ4n) is 1.86. The van der Waals surface area contributed by atoms with Crippen molar-refractivity contribution in [3.63, 3.8) is 0 Å². The van der Waals surface area contributed by atoms with Crippen molar-refractivity contribution in [3.05, 3.63) is 30.1 Å². The molecule has 7 heteroatoms. The van der Waals surface area contributed by atoms with E-state index in [1.54, 1.807) is 0 Å². The van der Waals surface area contributed by atoms with E-state index in [9.17, 15) is 9.59 Å². The SMILES string of the molecule is Cn1c(CNC(=O)NCCC(=O)O)nc2ccccc21. The summed E-state index contributed by atoms with van der Waals surface area (Å²) < 4.78 is 1.91. The van der Waals surface area contributed by atoms with E-state index in [1.165, 1.54) is 0 Å². The van der Waals surface area contributed by atoms with Gasteiger partial charge in [0.15, 0.2) is 0 Å². The number of carbonyl (C=O) groups is 2. The number of carbonyl (C=O) groups excluding carboxylic acids is 1. The van der Waals surface area contributed by atoms with Gasteiger partial charge in [-0.2, -0.15) is 0 Å². The molecular formula is C13H16N4O3. The summed E-state index contributed by atoms with van der Waals surface area (Å²) in [5.41, 5.74) is 1.87. The Balaban J connectivity index is 1.91. The molecule has 0 spiro atoms. The predicted octanol–water partition coefficient (Wildman–Crippen LogP) is 0.847. The number of benzene rings is 1. The van der Waals surface area contributed by atoms with Gasteiger partial charge in [-0.3, -0.25) is 4.79 Å². The number of aryl methyl sites for hydroxylation is 1. The number of aromatic nitrogens is 2. The Hall–Kier alpha value is -2.57. The van der Waals surface area contributed by atoms with Crippen LogP contribution in [0, 0.1) is 0 Å². The fourth-order valence-corrected chi connectivity index (χ4v) is 1.86. The molecule has 0 radical (unpaired) electrons. The Morgan fingerprint density at radius 1 is 1.30 bits per heavy atom. The highest BCUT2D eigenvalue weighted by molar-refractivity contribution is 5.77. The first-order valence-electron chi connectivity index (χ1n) is 6.22. The molecule has 1 aromatic carbocycles. The highest BCUT2D eigenvalue weighted by Crippen LogP contribution is 2.13. The summed E-state index contributed by atoms with van der Waals surface area (Å²) in [4.78, 5) is 26.2. The maximum absolute atomic E-state index is 11.5. The molecule has 2 aromatic rings. The Kier molecular flexibility index (Phi) is 4.19. The summed E-state index contributed by atoms with van der Waals surface area (Å²) in [7, 11) is 1.88. The molecule has 0 atom stereocenters. The molecule has 0 bridgehead atoms. The lowest BCUT2D eigenvalue weighted by Gasteiger charge is -2.06. The van der Waals surface area contributed by atoms with Crippen molar-refractivity contribution in [1.82, 2.24) is 20.2 Å². The number of rotatable bonds is 5. The van der Waals surface area contributed by atoms with Gasteiger partial charge < -0.3 is 20.3 Å². The first-order chi connectivity index (χ1) is 9.58. The van der Waals surface area contributed by atoms with Crippen LogP contribution in [-0.4, -0.2) is 33.2 Å². The zero-order valence-corrected chi connectivity index (χ0v) is 11.1. The van der Waals surface area contributed by atoms with E-state index >= 15 is 0 Å². The molecule has 0 saturated carbocycles. The van der Waals surface area contributed by atoms with Crippen LogP contribution in [0.1, 0.15) is 12.2 Å². The fraction of sp³-hybridized carbons (Fsp3) is 0.308. The standard InChI is InChI=1S/C13H16N4O3/c1-17-10-5-3-2-4-9(10)16-11(17)8-15-13(20)14-7-6-12(18)19/h2-5H,6-8H2,1H3,(H,18,19)(H2,14,15,20). The zero-order chi connectivity index (χ0) is 14.5. The molecule has 2 amide bonds. The van der Waals surface area contributed by atoms with Gasteiger partial charge in [0.25, 0.3) is 0 Å². The minimum absolute atomic E-state index is 0.0975. The number of carboxylic acid groups (broad SMARTS) is 1. The van der Waals surface area contributed by atoms with Crippen LogP contribution >= 0.6 is 0 Å². The summed E-state index contributed by atoms with van der Waals surface area (Å²) in [5, 5.41) is 13.6. The van der Waals surface area contributed by atoms with Crippen LogP contribution in [0.25, 0.3) is 11.0 Å². The molecule has 0 unspecified atom stereocenters. The minimum atomic E-state index is -0.944. The first-order valence-corrected chi connectivity index (χ1v) is 6.22. The van der Waals surface area contributed by atoms with E-state index in [-0.39, 0.29) is 19.5 Å². The molecule has 2 rings (SSSR count). The van der Waals surface area contributed by atoms with E-state index in [0.29, 0.717) is 0 Å². The summed E-state index contributed by atoms with van der Waals surface area (Å²) in [6.45, 7) is 0.383. The lowest BCUT2D eigenvalue weighted by Crippen LogP contribution is -2.36. The highest BCUT2D eigenvalue weighted by Gasteiger charge is 2.08. The van der Waals surface area contributed by atoms with Gasteiger partial charge in [0, 0.05) is 13.6 Å². The Bertz CT molecular complexity index is 636. The second-order valence-corrected chi connectivity index (χ2v) is 4.33. The summed E-state index contributed by atoms with van der Waals surface area (Å²) in [5.74, 6) is -0.208. The number of carboxylic acids is 1. The van der Waals surface area contributed by atoms with Gasteiger partial charge in [-0.15, -0.1) is 0 Å². The van der Waals surface area contributed by atoms with Gasteiger partial charge in [-0.05, 0) is 12.1 Å². The maximum Gasteiger partial charge on any atom is 0.315 e. The predicted molar refractivity (Wildman–Crippen MR) is 73.2 cm³/mol. The van der Waals surface area contributed by atoms with Crippen molar-refractivity contribution in [2.75, 3.05) is 6.54 Å². The van der Waals surface area contributed by atoms with Crippen LogP contribution in [0.4, 0.5) is 4.79 Å². The van der Waals surface area contributed by atoms with Crippen LogP contribution in [0.15, 0.2) is 24.3 Å². The molecule has 3 N–H and O–H groups in total. The average molecular weight is 276 g/mol. The van der Waals surface area contributed by atoms with Crippen molar-refractivity contribution in [1.29, 1.82) is 0 Å². The van der Waals surface area contributed by atoms with Gasteiger partial charge >= 0.3 is 12.0 Å². The topological polar surface area (TPSA) is 96.2 Å². The Morgan fingerprint density at radius 2 is 2.05 bits per heavy atom. The number of nitrogens with one attached hydrogen (secondary N) is 2. The number of aliphatic carboxylic acids is 1. The van der Waals surface area contributed by atoms with Crippen LogP contribution in [-0.2, 0) is 18.4 Å². The van der Waals surface area contributed by atoms with E-state index < -0.39 is 12.0 Å². The number of para-hydroxylation sites is 2. The monoisotopic (exact) mass is 276 g/mol. The van der Waals surface area contributed by atoms with Gasteiger partial charge in [-0.25, -0.2) is 9.78 Å². The summed E-state index contributed by atoms with van der Waals surface area (Å²) in [6, 6.07) is 7.30. The lowest BCUT2D eigenvalue weighted by molar-refractivity contribution is -0.136. The molecule has 106 valence electrons. The third kappa shape index (κ3) is 3.25. The second kappa shape index (κ2) is 6.05. The Labute approximate surface area is 115 Å². The largest absolute Gasteiger partial charge is 0.481 e. The normalized spacial score (nSPS) is 10.4. The van der Waals surface area contributed by atoms with E-state index in [1.807, 2.05) is 35.9 Å². The maximum atomic E-state index is 11.5. The molecule has 0 aliphatic heterocycles. The first kappa shape index (κ1) is 13.9. The van der Waals surface area contributed by atoms with Crippen LogP contribution in [0.3, 0.4) is 0 Å². The summed E-state index contributed by atoms with van der Waals surface area (Å²) in [6.07, 6.45) is -0.0975. The van der Waals surface area contributed by atoms with E-state index in [4.69, 9.17) is 5.11 Å². The second-order valence-electron chi connectivity index (χ2n) is 4.33. The van der Waals surface area contributed by atoms with Crippen molar-refractivity contribution >= 4 is 23.0 Å². The quantitative estimate of drug-likeness (QED) is 0.754. The molecule has 1 aromatic heterocycles. The van der Waals surface area contributed by atoms with Crippen LogP contribution in [0.2, 0.25) is 0 Å². The van der Waals surface area contributed by atoms with Crippen LogP contribution < -0.4 is 10.6 Å². The molecule has 0 saturated heterocycles. The molecule has 20 heavy (non-hydrogen) atoms. The molecule has 0 aliphatic rings.